The molecule has 0 aromatic heterocycles. The van der Waals surface area contributed by atoms with Crippen molar-refractivity contribution in [3.05, 3.63) is 35.9 Å². The summed E-state index contributed by atoms with van der Waals surface area (Å²) in [6.45, 7) is 3.71. The van der Waals surface area contributed by atoms with E-state index in [4.69, 9.17) is 0 Å². The second-order valence-corrected chi connectivity index (χ2v) is 4.42. The Balaban J connectivity index is 2.85. The number of carboxylic acid groups (broad SMARTS) is 1. The van der Waals surface area contributed by atoms with Crippen molar-refractivity contribution in [1.82, 2.24) is 0 Å². The molecule has 0 fully saturated rings. The minimum absolute atomic E-state index is 0.263. The van der Waals surface area contributed by atoms with Gasteiger partial charge in [0.2, 0.25) is 0 Å². The zero-order valence-electron chi connectivity index (χ0n) is 10.4. The summed E-state index contributed by atoms with van der Waals surface area (Å²) in [6.07, 6.45) is 0.609. The lowest BCUT2D eigenvalue weighted by Crippen LogP contribution is -2.31. The molecule has 0 saturated heterocycles. The highest BCUT2D eigenvalue weighted by atomic mass is 16.4. The van der Waals surface area contributed by atoms with Crippen molar-refractivity contribution < 1.29 is 15.0 Å². The fraction of sp³-hybridized carbons (Fsp3) is 0.500. The van der Waals surface area contributed by atoms with Crippen molar-refractivity contribution >= 4 is 5.97 Å². The molecule has 0 amide bonds. The summed E-state index contributed by atoms with van der Waals surface area (Å²) in [5.74, 6) is -0.822. The van der Waals surface area contributed by atoms with Crippen molar-refractivity contribution in [3.63, 3.8) is 0 Å². The fourth-order valence-electron chi connectivity index (χ4n) is 2.09. The first-order chi connectivity index (χ1) is 8.05. The Morgan fingerprint density at radius 2 is 1.76 bits per heavy atom. The molecular weight excluding hydrogens is 216 g/mol. The normalized spacial score (nSPS) is 13.4. The van der Waals surface area contributed by atoms with E-state index in [2.05, 4.69) is 0 Å². The molecule has 2 N–H and O–H groups in total. The molecule has 1 aromatic rings. The molecule has 1 aromatic carbocycles. The molecule has 0 spiro atoms. The van der Waals surface area contributed by atoms with Crippen LogP contribution in [0, 0.1) is 5.41 Å². The molecule has 0 radical (unpaired) electrons. The monoisotopic (exact) mass is 236 g/mol. The Morgan fingerprint density at radius 3 is 2.18 bits per heavy atom. The summed E-state index contributed by atoms with van der Waals surface area (Å²) < 4.78 is 0. The molecule has 94 valence electrons. The molecule has 1 atom stereocenters. The molecule has 17 heavy (non-hydrogen) atoms. The van der Waals surface area contributed by atoms with Crippen LogP contribution in [-0.2, 0) is 4.79 Å². The third kappa shape index (κ3) is 3.07. The molecule has 0 aliphatic heterocycles. The second-order valence-electron chi connectivity index (χ2n) is 4.42. The largest absolute Gasteiger partial charge is 0.481 e. The molecule has 0 heterocycles. The quantitative estimate of drug-likeness (QED) is 0.798. The van der Waals surface area contributed by atoms with Gasteiger partial charge >= 0.3 is 5.97 Å². The molecule has 0 aliphatic rings. The number of rotatable bonds is 6. The molecule has 1 rings (SSSR count). The van der Waals surface area contributed by atoms with Crippen LogP contribution in [0.5, 0.6) is 0 Å². The highest BCUT2D eigenvalue weighted by molar-refractivity contribution is 5.74. The summed E-state index contributed by atoms with van der Waals surface area (Å²) in [6, 6.07) is 9.21. The summed E-state index contributed by atoms with van der Waals surface area (Å²) in [5, 5.41) is 19.4. The van der Waals surface area contributed by atoms with Gasteiger partial charge < -0.3 is 10.2 Å². The van der Waals surface area contributed by atoms with Crippen LogP contribution < -0.4 is 0 Å². The predicted molar refractivity (Wildman–Crippen MR) is 66.7 cm³/mol. The molecular formula is C14H20O3. The van der Waals surface area contributed by atoms with Crippen molar-refractivity contribution in [2.45, 2.75) is 39.2 Å². The zero-order chi connectivity index (χ0) is 12.9. The summed E-state index contributed by atoms with van der Waals surface area (Å²) in [4.78, 5) is 11.3. The third-order valence-corrected chi connectivity index (χ3v) is 3.58. The van der Waals surface area contributed by atoms with E-state index in [0.29, 0.717) is 12.8 Å². The van der Waals surface area contributed by atoms with Crippen LogP contribution in [0.1, 0.15) is 44.8 Å². The van der Waals surface area contributed by atoms with Crippen LogP contribution in [0.4, 0.5) is 0 Å². The van der Waals surface area contributed by atoms with Crippen LogP contribution in [0.2, 0.25) is 0 Å². The van der Waals surface area contributed by atoms with Crippen LogP contribution >= 0.6 is 0 Å². The van der Waals surface area contributed by atoms with E-state index in [9.17, 15) is 15.0 Å². The van der Waals surface area contributed by atoms with Crippen LogP contribution in [-0.4, -0.2) is 16.2 Å². The average Bonchev–Trinajstić information content (AvgIpc) is 2.36. The zero-order valence-corrected chi connectivity index (χ0v) is 10.4. The van der Waals surface area contributed by atoms with E-state index >= 15 is 0 Å². The molecule has 3 nitrogen and oxygen atoms in total. The smallest absolute Gasteiger partial charge is 0.309 e. The maximum atomic E-state index is 11.3. The van der Waals surface area contributed by atoms with Crippen LogP contribution in [0.15, 0.2) is 30.3 Å². The third-order valence-electron chi connectivity index (χ3n) is 3.58. The van der Waals surface area contributed by atoms with Crippen molar-refractivity contribution in [2.24, 2.45) is 5.41 Å². The number of carboxylic acids is 1. The molecule has 0 bridgehead atoms. The first-order valence-electron chi connectivity index (χ1n) is 6.02. The molecule has 0 saturated carbocycles. The van der Waals surface area contributed by atoms with Crippen LogP contribution in [0.3, 0.4) is 0 Å². The van der Waals surface area contributed by atoms with Gasteiger partial charge in [-0.2, -0.15) is 0 Å². The van der Waals surface area contributed by atoms with Gasteiger partial charge in [0.05, 0.1) is 11.5 Å². The Hall–Kier alpha value is -1.35. The lowest BCUT2D eigenvalue weighted by Gasteiger charge is -2.29. The number of aliphatic carboxylic acids is 1. The van der Waals surface area contributed by atoms with Gasteiger partial charge in [0.25, 0.3) is 0 Å². The van der Waals surface area contributed by atoms with Gasteiger partial charge in [0.1, 0.15) is 0 Å². The predicted octanol–water partition coefficient (Wildman–Crippen LogP) is 3.00. The van der Waals surface area contributed by atoms with Crippen LogP contribution in [0.25, 0.3) is 0 Å². The molecule has 3 heteroatoms. The van der Waals surface area contributed by atoms with Crippen molar-refractivity contribution in [3.8, 4) is 0 Å². The van der Waals surface area contributed by atoms with Gasteiger partial charge in [-0.05, 0) is 24.8 Å². The average molecular weight is 236 g/mol. The van der Waals surface area contributed by atoms with E-state index in [1.807, 2.05) is 44.2 Å². The Kier molecular flexibility index (Phi) is 4.70. The number of benzene rings is 1. The van der Waals surface area contributed by atoms with Gasteiger partial charge in [0.15, 0.2) is 0 Å². The highest BCUT2D eigenvalue weighted by Gasteiger charge is 2.37. The number of aliphatic hydroxyl groups excluding tert-OH is 1. The highest BCUT2D eigenvalue weighted by Crippen LogP contribution is 2.36. The van der Waals surface area contributed by atoms with E-state index in [0.717, 1.165) is 5.56 Å². The van der Waals surface area contributed by atoms with Gasteiger partial charge in [-0.3, -0.25) is 4.79 Å². The van der Waals surface area contributed by atoms with Gasteiger partial charge in [-0.15, -0.1) is 0 Å². The molecule has 0 aliphatic carbocycles. The van der Waals surface area contributed by atoms with E-state index in [1.54, 1.807) is 0 Å². The second kappa shape index (κ2) is 5.82. The van der Waals surface area contributed by atoms with Gasteiger partial charge in [-0.1, -0.05) is 44.2 Å². The SMILES string of the molecule is CCC(CC)(CC(O)c1ccccc1)C(=O)O. The maximum absolute atomic E-state index is 11.3. The molecule has 1 unspecified atom stereocenters. The maximum Gasteiger partial charge on any atom is 0.309 e. The Labute approximate surface area is 102 Å². The van der Waals surface area contributed by atoms with Gasteiger partial charge in [-0.25, -0.2) is 0 Å². The van der Waals surface area contributed by atoms with E-state index in [-0.39, 0.29) is 6.42 Å². The lowest BCUT2D eigenvalue weighted by atomic mass is 9.76. The number of aliphatic hydroxyl groups is 1. The van der Waals surface area contributed by atoms with Gasteiger partial charge in [0, 0.05) is 0 Å². The minimum Gasteiger partial charge on any atom is -0.481 e. The first kappa shape index (κ1) is 13.7. The number of carbonyl (C=O) groups is 1. The van der Waals surface area contributed by atoms with E-state index in [1.165, 1.54) is 0 Å². The Morgan fingerprint density at radius 1 is 1.24 bits per heavy atom. The van der Waals surface area contributed by atoms with E-state index < -0.39 is 17.5 Å². The summed E-state index contributed by atoms with van der Waals surface area (Å²) in [7, 11) is 0. The topological polar surface area (TPSA) is 57.5 Å². The fourth-order valence-corrected chi connectivity index (χ4v) is 2.09. The minimum atomic E-state index is -0.824. The lowest BCUT2D eigenvalue weighted by molar-refractivity contribution is -0.151. The summed E-state index contributed by atoms with van der Waals surface area (Å²) >= 11 is 0. The first-order valence-corrected chi connectivity index (χ1v) is 6.02. The number of hydrogen-bond acceptors (Lipinski definition) is 2. The number of hydrogen-bond donors (Lipinski definition) is 2. The van der Waals surface area contributed by atoms with Crippen molar-refractivity contribution in [2.75, 3.05) is 0 Å². The standard InChI is InChI=1S/C14H20O3/c1-3-14(4-2,13(16)17)10-12(15)11-8-6-5-7-9-11/h5-9,12,15H,3-4,10H2,1-2H3,(H,16,17). The van der Waals surface area contributed by atoms with Crippen molar-refractivity contribution in [1.29, 1.82) is 0 Å². The Bertz CT molecular complexity index is 355. The summed E-state index contributed by atoms with van der Waals surface area (Å²) in [5.41, 5.74) is -0.0463.